The van der Waals surface area contributed by atoms with Crippen molar-refractivity contribution in [1.82, 2.24) is 28.7 Å². The van der Waals surface area contributed by atoms with E-state index in [1.54, 1.807) is 12.1 Å². The predicted octanol–water partition coefficient (Wildman–Crippen LogP) is 16.3. The molecule has 7 aromatic rings. The third-order valence-corrected chi connectivity index (χ3v) is 23.6. The van der Waals surface area contributed by atoms with Crippen LogP contribution in [0.15, 0.2) is 78.9 Å². The van der Waals surface area contributed by atoms with E-state index in [9.17, 15) is 14.7 Å². The summed E-state index contributed by atoms with van der Waals surface area (Å²) in [5.74, 6) is -1.16. The van der Waals surface area contributed by atoms with Gasteiger partial charge in [-0.1, -0.05) is 155 Å². The fourth-order valence-corrected chi connectivity index (χ4v) is 14.2. The lowest BCUT2D eigenvalue weighted by atomic mass is 9.76. The van der Waals surface area contributed by atoms with Crippen LogP contribution in [0.4, 0.5) is 0 Å². The van der Waals surface area contributed by atoms with Crippen LogP contribution < -0.4 is 0 Å². The van der Waals surface area contributed by atoms with Gasteiger partial charge in [0.2, 0.25) is 0 Å². The van der Waals surface area contributed by atoms with Crippen molar-refractivity contribution in [3.05, 3.63) is 118 Å². The molecule has 14 nitrogen and oxygen atoms in total. The molecule has 0 bridgehead atoms. The predicted molar refractivity (Wildman–Crippen MR) is 361 cm³/mol. The minimum atomic E-state index is -1.24. The summed E-state index contributed by atoms with van der Waals surface area (Å²) in [6.07, 6.45) is 6.34. The highest BCUT2D eigenvalue weighted by molar-refractivity contribution is 6.77. The number of hydrogen-bond acceptors (Lipinski definition) is 9. The fourth-order valence-electron chi connectivity index (χ4n) is 11.2. The van der Waals surface area contributed by atoms with E-state index in [0.29, 0.717) is 33.5 Å². The van der Waals surface area contributed by atoms with E-state index >= 15 is 0 Å². The van der Waals surface area contributed by atoms with E-state index in [-0.39, 0.29) is 35.4 Å². The summed E-state index contributed by atoms with van der Waals surface area (Å²) in [5, 5.41) is 22.2. The Kier molecular flexibility index (Phi) is 21.5. The van der Waals surface area contributed by atoms with Crippen molar-refractivity contribution in [2.45, 2.75) is 209 Å². The molecular weight excluding hydrogens is 1140 g/mol. The number of carbonyl (C=O) groups is 2. The lowest BCUT2D eigenvalue weighted by Crippen LogP contribution is -2.25. The number of carboxylic acid groups (broad SMARTS) is 1. The number of esters is 1. The van der Waals surface area contributed by atoms with E-state index in [4.69, 9.17) is 33.9 Å². The van der Waals surface area contributed by atoms with Gasteiger partial charge in [0.15, 0.2) is 0 Å². The van der Waals surface area contributed by atoms with Crippen molar-refractivity contribution in [2.75, 3.05) is 26.4 Å². The molecule has 0 atom stereocenters. The third-order valence-electron chi connectivity index (χ3n) is 16.8. The Morgan fingerprint density at radius 3 is 1.37 bits per heavy atom. The van der Waals surface area contributed by atoms with Gasteiger partial charge in [0.05, 0.1) is 34.4 Å². The standard InChI is InChI=1S/C38H55N3O4Si2.C30H47N3O4Si2/c1-38(2)17-16-32-35(25-38)41(28-44-19-21-47(6,7)8)39-37(32)34-24-31-15-14-30(23-36(42)45-26-29-12-10-9-11-13-29)22-33(31)40(34)27-43-18-20-46(3,4)5;1-30(2)12-11-24-27(19-30)33(21-37-14-16-39(6,7)8)31-28(24)26-17-22-9-10-23(29(34)35)18-25(22)32(26)20-36-13-15-38(3,4)5/h9-15,22,24H,16-21,23,25-28H2,1-8H3;9-10,17-18H,11-16,19-21H2,1-8H3,(H,34,35). The highest BCUT2D eigenvalue weighted by atomic mass is 28.3. The Hall–Kier alpha value is -5.19. The molecule has 0 saturated carbocycles. The molecule has 3 aromatic carbocycles. The molecule has 1 N–H and O–H groups in total. The lowest BCUT2D eigenvalue weighted by Gasteiger charge is -2.30. The first-order valence-electron chi connectivity index (χ1n) is 31.5. The summed E-state index contributed by atoms with van der Waals surface area (Å²) in [6.45, 7) is 42.8. The maximum Gasteiger partial charge on any atom is 0.335 e. The van der Waals surface area contributed by atoms with Crippen molar-refractivity contribution < 1.29 is 38.4 Å². The van der Waals surface area contributed by atoms with Crippen LogP contribution in [0.2, 0.25) is 103 Å². The molecule has 18 heteroatoms. The van der Waals surface area contributed by atoms with E-state index < -0.39 is 38.3 Å². The third kappa shape index (κ3) is 18.7. The summed E-state index contributed by atoms with van der Waals surface area (Å²) in [6, 6.07) is 30.2. The van der Waals surface area contributed by atoms with Crippen LogP contribution in [0, 0.1) is 10.8 Å². The normalized spacial score (nSPS) is 15.2. The molecule has 4 aromatic heterocycles. The van der Waals surface area contributed by atoms with Crippen molar-refractivity contribution >= 4 is 66.0 Å². The molecule has 0 spiro atoms. The molecule has 0 amide bonds. The van der Waals surface area contributed by atoms with Gasteiger partial charge in [0.25, 0.3) is 0 Å². The first kappa shape index (κ1) is 66.8. The Bertz CT molecular complexity index is 3440. The maximum atomic E-state index is 12.8. The Balaban J connectivity index is 0.000000227. The Morgan fingerprint density at radius 2 is 0.942 bits per heavy atom. The summed E-state index contributed by atoms with van der Waals surface area (Å²) >= 11 is 0. The number of aromatic nitrogens is 6. The number of hydrogen-bond donors (Lipinski definition) is 1. The van der Waals surface area contributed by atoms with Crippen LogP contribution in [0.25, 0.3) is 44.6 Å². The molecule has 2 aliphatic carbocycles. The SMILES string of the molecule is CC1(C)CCc2c(-c3cc4ccc(C(=O)O)cc4n3COCC[Si](C)(C)C)nn(COCC[Si](C)(C)C)c2C1.CC1(C)CCc2c(-c3cc4ccc(CC(=O)OCc5ccccc5)cc4n3COCC[Si](C)(C)C)nn(COCC[Si](C)(C)C)c2C1. The van der Waals surface area contributed by atoms with Gasteiger partial charge < -0.3 is 37.9 Å². The number of carbonyl (C=O) groups excluding carboxylic acids is 1. The Labute approximate surface area is 517 Å². The zero-order chi connectivity index (χ0) is 62.4. The minimum Gasteiger partial charge on any atom is -0.478 e. The number of fused-ring (bicyclic) bond motifs is 4. The van der Waals surface area contributed by atoms with Crippen molar-refractivity contribution in [1.29, 1.82) is 0 Å². The zero-order valence-corrected chi connectivity index (χ0v) is 59.1. The quantitative estimate of drug-likeness (QED) is 0.0300. The molecule has 0 radical (unpaired) electrons. The molecule has 9 rings (SSSR count). The first-order valence-corrected chi connectivity index (χ1v) is 46.3. The molecule has 2 aliphatic rings. The van der Waals surface area contributed by atoms with E-state index in [0.717, 1.165) is 138 Å². The minimum absolute atomic E-state index is 0.212. The van der Waals surface area contributed by atoms with Crippen molar-refractivity contribution in [3.8, 4) is 22.8 Å². The molecular formula is C68H102N6O8Si4. The molecule has 0 unspecified atom stereocenters. The number of aromatic carboxylic acids is 1. The molecule has 0 fully saturated rings. The van der Waals surface area contributed by atoms with E-state index in [2.05, 4.69) is 149 Å². The van der Waals surface area contributed by atoms with Crippen LogP contribution in [-0.4, -0.2) is 104 Å². The largest absolute Gasteiger partial charge is 0.478 e. The maximum absolute atomic E-state index is 12.8. The smallest absolute Gasteiger partial charge is 0.335 e. The topological polar surface area (TPSA) is 146 Å². The van der Waals surface area contributed by atoms with Gasteiger partial charge in [-0.3, -0.25) is 4.79 Å². The molecule has 0 aliphatic heterocycles. The van der Waals surface area contributed by atoms with Crippen LogP contribution in [-0.2, 0) is 94.1 Å². The second kappa shape index (κ2) is 27.7. The number of rotatable bonds is 27. The van der Waals surface area contributed by atoms with Gasteiger partial charge >= 0.3 is 11.9 Å². The highest BCUT2D eigenvalue weighted by Gasteiger charge is 2.35. The average molecular weight is 1240 g/mol. The van der Waals surface area contributed by atoms with Crippen LogP contribution >= 0.6 is 0 Å². The summed E-state index contributed by atoms with van der Waals surface area (Å²) in [7, 11) is -4.83. The highest BCUT2D eigenvalue weighted by Crippen LogP contribution is 2.43. The summed E-state index contributed by atoms with van der Waals surface area (Å²) in [5.41, 5.74) is 13.7. The monoisotopic (exact) mass is 1240 g/mol. The van der Waals surface area contributed by atoms with Gasteiger partial charge in [-0.2, -0.15) is 10.2 Å². The molecule has 0 saturated heterocycles. The van der Waals surface area contributed by atoms with Crippen LogP contribution in [0.3, 0.4) is 0 Å². The second-order valence-corrected chi connectivity index (χ2v) is 53.3. The number of carboxylic acids is 1. The molecule has 468 valence electrons. The van der Waals surface area contributed by atoms with Crippen molar-refractivity contribution in [3.63, 3.8) is 0 Å². The van der Waals surface area contributed by atoms with Crippen LogP contribution in [0.1, 0.15) is 84.5 Å². The number of benzene rings is 3. The second-order valence-electron chi connectivity index (χ2n) is 30.8. The number of nitrogens with zero attached hydrogens (tertiary/aromatic N) is 6. The molecule has 4 heterocycles. The Morgan fingerprint density at radius 1 is 0.523 bits per heavy atom. The van der Waals surface area contributed by atoms with Gasteiger partial charge in [-0.25, -0.2) is 14.2 Å². The van der Waals surface area contributed by atoms with Gasteiger partial charge in [0.1, 0.15) is 44.9 Å². The summed E-state index contributed by atoms with van der Waals surface area (Å²) in [4.78, 5) is 24.6. The molecule has 86 heavy (non-hydrogen) atoms. The van der Waals surface area contributed by atoms with Gasteiger partial charge in [-0.15, -0.1) is 0 Å². The first-order chi connectivity index (χ1) is 40.3. The van der Waals surface area contributed by atoms with Gasteiger partial charge in [-0.05, 0) is 115 Å². The summed E-state index contributed by atoms with van der Waals surface area (Å²) < 4.78 is 39.2. The van der Waals surface area contributed by atoms with E-state index in [1.807, 2.05) is 42.5 Å². The fraction of sp³-hybridized carbons (Fsp3) is 0.559. The average Bonchev–Trinajstić information content (AvgIpc) is 1.64. The van der Waals surface area contributed by atoms with E-state index in [1.165, 1.54) is 22.5 Å². The van der Waals surface area contributed by atoms with Crippen LogP contribution in [0.5, 0.6) is 0 Å². The number of ether oxygens (including phenoxy) is 5. The zero-order valence-electron chi connectivity index (χ0n) is 55.1. The van der Waals surface area contributed by atoms with Crippen molar-refractivity contribution in [2.24, 2.45) is 10.8 Å². The lowest BCUT2D eigenvalue weighted by molar-refractivity contribution is -0.144. The van der Waals surface area contributed by atoms with Gasteiger partial charge in [0, 0.05) is 92.0 Å².